The van der Waals surface area contributed by atoms with Gasteiger partial charge in [-0.15, -0.1) is 0 Å². The Kier molecular flexibility index (Phi) is 8.96. The van der Waals surface area contributed by atoms with Gasteiger partial charge in [0.15, 0.2) is 5.11 Å². The van der Waals surface area contributed by atoms with E-state index in [1.165, 1.54) is 0 Å². The highest BCUT2D eigenvalue weighted by molar-refractivity contribution is 7.80. The maximum Gasteiger partial charge on any atom is 0.253 e. The Morgan fingerprint density at radius 3 is 2.58 bits per heavy atom. The van der Waals surface area contributed by atoms with E-state index in [0.717, 1.165) is 79.3 Å². The Balaban J connectivity index is 1.52. The van der Waals surface area contributed by atoms with E-state index in [2.05, 4.69) is 33.1 Å². The van der Waals surface area contributed by atoms with Crippen LogP contribution in [0.2, 0.25) is 0 Å². The van der Waals surface area contributed by atoms with Gasteiger partial charge in [0, 0.05) is 42.8 Å². The van der Waals surface area contributed by atoms with Gasteiger partial charge in [0.2, 0.25) is 0 Å². The molecule has 7 nitrogen and oxygen atoms in total. The van der Waals surface area contributed by atoms with Crippen molar-refractivity contribution >= 4 is 33.9 Å². The van der Waals surface area contributed by atoms with Crippen LogP contribution < -0.4 is 15.6 Å². The lowest BCUT2D eigenvalue weighted by atomic mass is 10.0. The predicted molar refractivity (Wildman–Crippen MR) is 150 cm³/mol. The van der Waals surface area contributed by atoms with Crippen LogP contribution in [-0.4, -0.2) is 65.9 Å². The molecule has 1 aliphatic heterocycles. The first-order valence-electron chi connectivity index (χ1n) is 12.7. The molecule has 2 N–H and O–H groups in total. The van der Waals surface area contributed by atoms with Gasteiger partial charge in [0.1, 0.15) is 5.75 Å². The zero-order chi connectivity index (χ0) is 25.5. The number of anilines is 1. The van der Waals surface area contributed by atoms with Crippen LogP contribution in [-0.2, 0) is 11.3 Å². The van der Waals surface area contributed by atoms with E-state index in [-0.39, 0.29) is 5.56 Å². The minimum absolute atomic E-state index is 0.0711. The maximum absolute atomic E-state index is 13.1. The lowest BCUT2D eigenvalue weighted by molar-refractivity contribution is 0.0367. The zero-order valence-corrected chi connectivity index (χ0v) is 22.2. The summed E-state index contributed by atoms with van der Waals surface area (Å²) in [6.07, 6.45) is 0.939. The van der Waals surface area contributed by atoms with Crippen LogP contribution in [0.15, 0.2) is 47.3 Å². The molecule has 2 heterocycles. The summed E-state index contributed by atoms with van der Waals surface area (Å²) >= 11 is 5.83. The first-order chi connectivity index (χ1) is 17.4. The van der Waals surface area contributed by atoms with Gasteiger partial charge in [-0.25, -0.2) is 0 Å². The van der Waals surface area contributed by atoms with Crippen molar-refractivity contribution in [2.45, 2.75) is 33.7 Å². The summed E-state index contributed by atoms with van der Waals surface area (Å²) in [7, 11) is 0. The predicted octanol–water partition coefficient (Wildman–Crippen LogP) is 4.46. The number of morpholine rings is 1. The van der Waals surface area contributed by atoms with Crippen molar-refractivity contribution in [3.63, 3.8) is 0 Å². The number of benzene rings is 2. The average molecular weight is 509 g/mol. The zero-order valence-electron chi connectivity index (χ0n) is 21.4. The fourth-order valence-electron chi connectivity index (χ4n) is 4.51. The molecule has 192 valence electrons. The third kappa shape index (κ3) is 6.63. The van der Waals surface area contributed by atoms with E-state index in [4.69, 9.17) is 21.7 Å². The van der Waals surface area contributed by atoms with Gasteiger partial charge in [-0.05, 0) is 80.9 Å². The van der Waals surface area contributed by atoms with Crippen LogP contribution in [0.4, 0.5) is 5.69 Å². The molecule has 0 spiro atoms. The van der Waals surface area contributed by atoms with Gasteiger partial charge in [-0.3, -0.25) is 9.69 Å². The molecule has 2 aromatic carbocycles. The van der Waals surface area contributed by atoms with Gasteiger partial charge in [0.05, 0.1) is 31.9 Å². The second-order valence-corrected chi connectivity index (χ2v) is 9.62. The van der Waals surface area contributed by atoms with Crippen molar-refractivity contribution in [3.05, 3.63) is 69.5 Å². The van der Waals surface area contributed by atoms with Crippen LogP contribution in [0, 0.1) is 13.8 Å². The highest BCUT2D eigenvalue weighted by Crippen LogP contribution is 2.21. The Bertz CT molecular complexity index is 1240. The number of aryl methyl sites for hydroxylation is 2. The van der Waals surface area contributed by atoms with Crippen molar-refractivity contribution in [1.29, 1.82) is 0 Å². The van der Waals surface area contributed by atoms with Gasteiger partial charge in [-0.2, -0.15) is 0 Å². The standard InChI is InChI=1S/C28H36N4O3S/c1-4-35-24-10-8-23(9-11-24)29-28(36)32(13-5-12-31-14-16-34-17-15-31)19-22-18-25-20(2)6-7-21(3)26(25)30-27(22)33/h6-11,18H,4-5,12-17,19H2,1-3H3,(H,29,36)(H,30,33). The van der Waals surface area contributed by atoms with E-state index < -0.39 is 0 Å². The fraction of sp³-hybridized carbons (Fsp3) is 0.429. The van der Waals surface area contributed by atoms with E-state index in [0.29, 0.717) is 23.8 Å². The van der Waals surface area contributed by atoms with Crippen LogP contribution in [0.1, 0.15) is 30.0 Å². The molecule has 1 saturated heterocycles. The Morgan fingerprint density at radius 1 is 1.14 bits per heavy atom. The molecule has 3 aromatic rings. The van der Waals surface area contributed by atoms with E-state index >= 15 is 0 Å². The third-order valence-electron chi connectivity index (χ3n) is 6.59. The quantitative estimate of drug-likeness (QED) is 0.414. The molecule has 36 heavy (non-hydrogen) atoms. The molecule has 0 saturated carbocycles. The molecule has 1 fully saturated rings. The van der Waals surface area contributed by atoms with Gasteiger partial charge in [-0.1, -0.05) is 12.1 Å². The smallest absolute Gasteiger partial charge is 0.253 e. The number of nitrogens with zero attached hydrogens (tertiary/aromatic N) is 2. The van der Waals surface area contributed by atoms with Crippen LogP contribution in [0.3, 0.4) is 0 Å². The number of rotatable bonds is 9. The average Bonchev–Trinajstić information content (AvgIpc) is 2.88. The number of fused-ring (bicyclic) bond motifs is 1. The molecule has 1 aromatic heterocycles. The second kappa shape index (κ2) is 12.3. The molecule has 8 heteroatoms. The molecular formula is C28H36N4O3S. The number of nitrogens with one attached hydrogen (secondary N) is 2. The van der Waals surface area contributed by atoms with Crippen LogP contribution in [0.25, 0.3) is 10.9 Å². The highest BCUT2D eigenvalue weighted by atomic mass is 32.1. The summed E-state index contributed by atoms with van der Waals surface area (Å²) in [6.45, 7) is 12.3. The lowest BCUT2D eigenvalue weighted by Crippen LogP contribution is -2.40. The highest BCUT2D eigenvalue weighted by Gasteiger charge is 2.16. The largest absolute Gasteiger partial charge is 0.494 e. The molecule has 0 amide bonds. The third-order valence-corrected chi connectivity index (χ3v) is 6.95. The topological polar surface area (TPSA) is 69.8 Å². The number of ether oxygens (including phenoxy) is 2. The van der Waals surface area contributed by atoms with Crippen LogP contribution in [0.5, 0.6) is 5.75 Å². The maximum atomic E-state index is 13.1. The van der Waals surface area contributed by atoms with E-state index in [9.17, 15) is 4.79 Å². The van der Waals surface area contributed by atoms with Crippen molar-refractivity contribution in [3.8, 4) is 5.75 Å². The van der Waals surface area contributed by atoms with E-state index in [1.807, 2.05) is 50.2 Å². The summed E-state index contributed by atoms with van der Waals surface area (Å²) in [4.78, 5) is 20.7. The van der Waals surface area contributed by atoms with Crippen molar-refractivity contribution in [1.82, 2.24) is 14.8 Å². The summed E-state index contributed by atoms with van der Waals surface area (Å²) < 4.78 is 11.0. The molecule has 0 radical (unpaired) electrons. The molecule has 0 unspecified atom stereocenters. The second-order valence-electron chi connectivity index (χ2n) is 9.23. The summed E-state index contributed by atoms with van der Waals surface area (Å²) in [5.74, 6) is 0.824. The van der Waals surface area contributed by atoms with Crippen LogP contribution >= 0.6 is 12.2 Å². The van der Waals surface area contributed by atoms with Crippen molar-refractivity contribution in [2.75, 3.05) is 51.3 Å². The monoisotopic (exact) mass is 508 g/mol. The first kappa shape index (κ1) is 26.1. The number of aromatic nitrogens is 1. The Hall–Kier alpha value is -2.94. The molecule has 4 rings (SSSR count). The Labute approximate surface area is 218 Å². The number of H-pyrrole nitrogens is 1. The van der Waals surface area contributed by atoms with Gasteiger partial charge >= 0.3 is 0 Å². The summed E-state index contributed by atoms with van der Waals surface area (Å²) in [5.41, 5.74) is 4.63. The molecular weight excluding hydrogens is 472 g/mol. The minimum atomic E-state index is -0.0711. The number of aromatic amines is 1. The number of hydrogen-bond acceptors (Lipinski definition) is 5. The molecule has 0 aliphatic carbocycles. The minimum Gasteiger partial charge on any atom is -0.494 e. The molecule has 0 bridgehead atoms. The van der Waals surface area contributed by atoms with Crippen molar-refractivity contribution in [2.24, 2.45) is 0 Å². The first-order valence-corrected chi connectivity index (χ1v) is 13.1. The summed E-state index contributed by atoms with van der Waals surface area (Å²) in [6, 6.07) is 13.9. The van der Waals surface area contributed by atoms with Gasteiger partial charge < -0.3 is 24.7 Å². The molecule has 0 atom stereocenters. The van der Waals surface area contributed by atoms with Crippen molar-refractivity contribution < 1.29 is 9.47 Å². The summed E-state index contributed by atoms with van der Waals surface area (Å²) in [5, 5.41) is 5.02. The normalized spacial score (nSPS) is 14.1. The SMILES string of the molecule is CCOc1ccc(NC(=S)N(CCCN2CCOCC2)Cc2cc3c(C)ccc(C)c3[nH]c2=O)cc1. The Morgan fingerprint density at radius 2 is 1.86 bits per heavy atom. The number of thiocarbonyl (C=S) groups is 1. The lowest BCUT2D eigenvalue weighted by Gasteiger charge is -2.29. The fourth-order valence-corrected chi connectivity index (χ4v) is 4.78. The number of pyridine rings is 1. The van der Waals surface area contributed by atoms with Gasteiger partial charge in [0.25, 0.3) is 5.56 Å². The number of hydrogen-bond donors (Lipinski definition) is 2. The van der Waals surface area contributed by atoms with E-state index in [1.54, 1.807) is 0 Å². The molecule has 1 aliphatic rings.